The van der Waals surface area contributed by atoms with Crippen LogP contribution in [0.5, 0.6) is 0 Å². The van der Waals surface area contributed by atoms with Crippen molar-refractivity contribution < 1.29 is 0 Å². The van der Waals surface area contributed by atoms with E-state index >= 15 is 0 Å². The second-order valence-electron chi connectivity index (χ2n) is 4.57. The van der Waals surface area contributed by atoms with Gasteiger partial charge in [0.05, 0.1) is 0 Å². The molecule has 0 aliphatic carbocycles. The van der Waals surface area contributed by atoms with Gasteiger partial charge in [0.1, 0.15) is 5.82 Å². The van der Waals surface area contributed by atoms with E-state index in [4.69, 9.17) is 0 Å². The van der Waals surface area contributed by atoms with Crippen LogP contribution in [0.1, 0.15) is 16.8 Å². The van der Waals surface area contributed by atoms with Crippen LogP contribution in [0.3, 0.4) is 0 Å². The highest BCUT2D eigenvalue weighted by molar-refractivity contribution is 5.42. The van der Waals surface area contributed by atoms with Crippen LogP contribution in [0.2, 0.25) is 0 Å². The Balaban J connectivity index is 1.96. The second kappa shape index (κ2) is 6.18. The third-order valence-electron chi connectivity index (χ3n) is 3.04. The zero-order chi connectivity index (χ0) is 13.7. The summed E-state index contributed by atoms with van der Waals surface area (Å²) in [5.41, 5.74) is 3.66. The Morgan fingerprint density at radius 3 is 2.63 bits per heavy atom. The minimum Gasteiger partial charge on any atom is -0.370 e. The minimum atomic E-state index is 0.651. The summed E-state index contributed by atoms with van der Waals surface area (Å²) < 4.78 is 0. The maximum absolute atomic E-state index is 4.37. The summed E-state index contributed by atoms with van der Waals surface area (Å²) >= 11 is 0. The molecule has 100 valence electrons. The van der Waals surface area contributed by atoms with Gasteiger partial charge in [-0.05, 0) is 31.4 Å². The Morgan fingerprint density at radius 1 is 1.11 bits per heavy atom. The molecule has 1 heterocycles. The van der Waals surface area contributed by atoms with E-state index in [0.29, 0.717) is 5.95 Å². The maximum atomic E-state index is 4.37. The van der Waals surface area contributed by atoms with Gasteiger partial charge in [0, 0.05) is 25.4 Å². The first-order chi connectivity index (χ1) is 9.19. The van der Waals surface area contributed by atoms with Crippen LogP contribution in [-0.4, -0.2) is 23.6 Å². The number of nitrogens with one attached hydrogen (secondary N) is 2. The second-order valence-corrected chi connectivity index (χ2v) is 4.57. The number of benzene rings is 1. The Hall–Kier alpha value is -2.10. The summed E-state index contributed by atoms with van der Waals surface area (Å²) in [7, 11) is 1.83. The van der Waals surface area contributed by atoms with Gasteiger partial charge in [0.25, 0.3) is 0 Å². The molecule has 0 saturated heterocycles. The number of nitrogens with zero attached hydrogens (tertiary/aromatic N) is 2. The summed E-state index contributed by atoms with van der Waals surface area (Å²) in [6.07, 6.45) is 0.991. The summed E-state index contributed by atoms with van der Waals surface area (Å²) in [6.45, 7) is 4.97. The maximum Gasteiger partial charge on any atom is 0.224 e. The molecule has 2 rings (SSSR count). The van der Waals surface area contributed by atoms with Gasteiger partial charge in [-0.15, -0.1) is 0 Å². The Morgan fingerprint density at radius 2 is 1.89 bits per heavy atom. The molecule has 2 N–H and O–H groups in total. The van der Waals surface area contributed by atoms with E-state index in [0.717, 1.165) is 24.5 Å². The number of aromatic nitrogens is 2. The van der Waals surface area contributed by atoms with Gasteiger partial charge in [0.2, 0.25) is 5.95 Å². The van der Waals surface area contributed by atoms with Crippen molar-refractivity contribution in [3.63, 3.8) is 0 Å². The number of hydrogen-bond acceptors (Lipinski definition) is 4. The van der Waals surface area contributed by atoms with Crippen molar-refractivity contribution in [2.45, 2.75) is 20.3 Å². The molecule has 0 bridgehead atoms. The average molecular weight is 256 g/mol. The lowest BCUT2D eigenvalue weighted by Gasteiger charge is -2.09. The largest absolute Gasteiger partial charge is 0.370 e. The topological polar surface area (TPSA) is 49.8 Å². The fourth-order valence-corrected chi connectivity index (χ4v) is 1.99. The van der Waals surface area contributed by atoms with Crippen molar-refractivity contribution >= 4 is 11.8 Å². The summed E-state index contributed by atoms with van der Waals surface area (Å²) in [6, 6.07) is 10.4. The van der Waals surface area contributed by atoms with Gasteiger partial charge in [0.15, 0.2) is 0 Å². The molecule has 1 aromatic heterocycles. The Labute approximate surface area is 114 Å². The zero-order valence-corrected chi connectivity index (χ0v) is 11.7. The molecule has 0 saturated carbocycles. The zero-order valence-electron chi connectivity index (χ0n) is 11.7. The molecule has 0 spiro atoms. The lowest BCUT2D eigenvalue weighted by molar-refractivity contribution is 0.983. The number of rotatable bonds is 5. The smallest absolute Gasteiger partial charge is 0.224 e. The van der Waals surface area contributed by atoms with Crippen LogP contribution in [0, 0.1) is 13.8 Å². The molecule has 4 nitrogen and oxygen atoms in total. The van der Waals surface area contributed by atoms with Crippen LogP contribution >= 0.6 is 0 Å². The summed E-state index contributed by atoms with van der Waals surface area (Å²) in [4.78, 5) is 8.64. The fourth-order valence-electron chi connectivity index (χ4n) is 1.99. The van der Waals surface area contributed by atoms with Gasteiger partial charge in [-0.3, -0.25) is 0 Å². The van der Waals surface area contributed by atoms with Gasteiger partial charge < -0.3 is 10.6 Å². The first kappa shape index (κ1) is 13.3. The molecule has 0 amide bonds. The Bertz CT molecular complexity index is 552. The van der Waals surface area contributed by atoms with E-state index in [1.807, 2.05) is 20.0 Å². The third-order valence-corrected chi connectivity index (χ3v) is 3.04. The molecule has 0 atom stereocenters. The molecule has 0 radical (unpaired) electrons. The van der Waals surface area contributed by atoms with E-state index < -0.39 is 0 Å². The van der Waals surface area contributed by atoms with Crippen molar-refractivity contribution in [2.75, 3.05) is 24.2 Å². The summed E-state index contributed by atoms with van der Waals surface area (Å²) in [5.74, 6) is 1.52. The average Bonchev–Trinajstić information content (AvgIpc) is 2.40. The van der Waals surface area contributed by atoms with Crippen LogP contribution < -0.4 is 10.6 Å². The lowest BCUT2D eigenvalue weighted by Crippen LogP contribution is -2.09. The quantitative estimate of drug-likeness (QED) is 0.863. The molecule has 0 unspecified atom stereocenters. The van der Waals surface area contributed by atoms with E-state index in [1.165, 1.54) is 11.1 Å². The Kier molecular flexibility index (Phi) is 4.34. The molecule has 0 aliphatic rings. The lowest BCUT2D eigenvalue weighted by atomic mass is 10.1. The normalized spacial score (nSPS) is 10.3. The highest BCUT2D eigenvalue weighted by Crippen LogP contribution is 2.11. The first-order valence-corrected chi connectivity index (χ1v) is 6.51. The fraction of sp³-hybridized carbons (Fsp3) is 0.333. The first-order valence-electron chi connectivity index (χ1n) is 6.51. The predicted octanol–water partition coefficient (Wildman–Crippen LogP) is 2.79. The highest BCUT2D eigenvalue weighted by Gasteiger charge is 2.01. The monoisotopic (exact) mass is 256 g/mol. The van der Waals surface area contributed by atoms with E-state index in [-0.39, 0.29) is 0 Å². The van der Waals surface area contributed by atoms with Crippen LogP contribution in [0.4, 0.5) is 11.8 Å². The molecular weight excluding hydrogens is 236 g/mol. The molecule has 0 fully saturated rings. The molecule has 19 heavy (non-hydrogen) atoms. The van der Waals surface area contributed by atoms with Crippen molar-refractivity contribution in [1.29, 1.82) is 0 Å². The van der Waals surface area contributed by atoms with Crippen molar-refractivity contribution in [2.24, 2.45) is 0 Å². The van der Waals surface area contributed by atoms with E-state index in [2.05, 4.69) is 51.8 Å². The van der Waals surface area contributed by atoms with Gasteiger partial charge >= 0.3 is 0 Å². The number of aryl methyl sites for hydroxylation is 2. The van der Waals surface area contributed by atoms with Gasteiger partial charge in [-0.25, -0.2) is 4.98 Å². The molecular formula is C15H20N4. The summed E-state index contributed by atoms with van der Waals surface area (Å²) in [5, 5.41) is 6.31. The SMILES string of the molecule is CNc1nc(C)cc(NCCc2ccccc2C)n1. The molecule has 2 aromatic rings. The standard InChI is InChI=1S/C15H20N4/c1-11-6-4-5-7-13(11)8-9-17-14-10-12(2)18-15(16-3)19-14/h4-7,10H,8-9H2,1-3H3,(H2,16,17,18,19). The van der Waals surface area contributed by atoms with E-state index in [1.54, 1.807) is 0 Å². The van der Waals surface area contributed by atoms with Crippen LogP contribution in [0.15, 0.2) is 30.3 Å². The van der Waals surface area contributed by atoms with Gasteiger partial charge in [-0.1, -0.05) is 24.3 Å². The molecule has 4 heteroatoms. The van der Waals surface area contributed by atoms with Crippen molar-refractivity contribution in [3.8, 4) is 0 Å². The number of hydrogen-bond donors (Lipinski definition) is 2. The third kappa shape index (κ3) is 3.68. The number of anilines is 2. The minimum absolute atomic E-state index is 0.651. The van der Waals surface area contributed by atoms with Crippen LogP contribution in [0.25, 0.3) is 0 Å². The molecule has 1 aromatic carbocycles. The van der Waals surface area contributed by atoms with Crippen molar-refractivity contribution in [3.05, 3.63) is 47.2 Å². The molecule has 0 aliphatic heterocycles. The van der Waals surface area contributed by atoms with Crippen molar-refractivity contribution in [1.82, 2.24) is 9.97 Å². The highest BCUT2D eigenvalue weighted by atomic mass is 15.1. The predicted molar refractivity (Wildman–Crippen MR) is 79.7 cm³/mol. The van der Waals surface area contributed by atoms with Crippen LogP contribution in [-0.2, 0) is 6.42 Å². The van der Waals surface area contributed by atoms with Gasteiger partial charge in [-0.2, -0.15) is 4.98 Å². The van der Waals surface area contributed by atoms with E-state index in [9.17, 15) is 0 Å².